The lowest BCUT2D eigenvalue weighted by Gasteiger charge is -2.38. The Bertz CT molecular complexity index is 375. The molecule has 5 heteroatoms. The van der Waals surface area contributed by atoms with Gasteiger partial charge in [0.25, 0.3) is 0 Å². The third kappa shape index (κ3) is 3.20. The van der Waals surface area contributed by atoms with Crippen LogP contribution < -0.4 is 5.32 Å². The molecule has 1 aliphatic rings. The van der Waals surface area contributed by atoms with E-state index in [0.717, 1.165) is 23.2 Å². The van der Waals surface area contributed by atoms with Crippen LogP contribution in [0.15, 0.2) is 0 Å². The van der Waals surface area contributed by atoms with E-state index < -0.39 is 0 Å². The van der Waals surface area contributed by atoms with Gasteiger partial charge in [0.15, 0.2) is 0 Å². The van der Waals surface area contributed by atoms with Gasteiger partial charge in [0.2, 0.25) is 0 Å². The summed E-state index contributed by atoms with van der Waals surface area (Å²) < 4.78 is 4.02. The van der Waals surface area contributed by atoms with Crippen molar-refractivity contribution in [1.29, 1.82) is 0 Å². The van der Waals surface area contributed by atoms with Crippen molar-refractivity contribution in [3.63, 3.8) is 0 Å². The number of anilines is 1. The van der Waals surface area contributed by atoms with E-state index in [4.69, 9.17) is 0 Å². The third-order valence-corrected chi connectivity index (χ3v) is 4.75. The van der Waals surface area contributed by atoms with Gasteiger partial charge in [-0.1, -0.05) is 25.3 Å². The molecular weight excluding hydrogens is 244 g/mol. The second-order valence-electron chi connectivity index (χ2n) is 6.22. The number of aromatic nitrogens is 2. The second-order valence-corrected chi connectivity index (χ2v) is 6.97. The van der Waals surface area contributed by atoms with Gasteiger partial charge in [-0.25, -0.2) is 0 Å². The molecule has 1 aliphatic heterocycles. The smallest absolute Gasteiger partial charge is 0.134 e. The number of hydrogen-bond acceptors (Lipinski definition) is 5. The molecule has 18 heavy (non-hydrogen) atoms. The molecule has 2 heterocycles. The molecule has 0 amide bonds. The van der Waals surface area contributed by atoms with Crippen molar-refractivity contribution >= 4 is 16.5 Å². The molecule has 0 bridgehead atoms. The summed E-state index contributed by atoms with van der Waals surface area (Å²) >= 11 is 1.44. The maximum absolute atomic E-state index is 4.21. The molecular formula is C13H24N4S. The van der Waals surface area contributed by atoms with Gasteiger partial charge in [-0.2, -0.15) is 0 Å². The Morgan fingerprint density at radius 1 is 1.33 bits per heavy atom. The summed E-state index contributed by atoms with van der Waals surface area (Å²) in [6.45, 7) is 10.4. The summed E-state index contributed by atoms with van der Waals surface area (Å²) in [6.07, 6.45) is 2.60. The van der Waals surface area contributed by atoms with Gasteiger partial charge >= 0.3 is 0 Å². The van der Waals surface area contributed by atoms with E-state index in [1.54, 1.807) is 0 Å². The molecule has 102 valence electrons. The van der Waals surface area contributed by atoms with Gasteiger partial charge in [0.1, 0.15) is 10.7 Å². The fourth-order valence-electron chi connectivity index (χ4n) is 2.67. The molecule has 1 aromatic rings. The lowest BCUT2D eigenvalue weighted by atomic mass is 9.75. The summed E-state index contributed by atoms with van der Waals surface area (Å²) in [4.78, 5) is 2.50. The third-order valence-electron chi connectivity index (χ3n) is 3.97. The number of nitrogens with one attached hydrogen (secondary N) is 1. The lowest BCUT2D eigenvalue weighted by molar-refractivity contribution is 0.107. The number of nitrogens with zero attached hydrogens (tertiary/aromatic N) is 3. The van der Waals surface area contributed by atoms with Crippen molar-refractivity contribution in [2.75, 3.05) is 25.5 Å². The minimum atomic E-state index is 0.449. The number of likely N-dealkylation sites (tertiary alicyclic amines) is 1. The van der Waals surface area contributed by atoms with E-state index in [1.807, 2.05) is 7.05 Å². The van der Waals surface area contributed by atoms with Crippen LogP contribution in [0.1, 0.15) is 39.3 Å². The lowest BCUT2D eigenvalue weighted by Crippen LogP contribution is -2.37. The fraction of sp³-hybridized carbons (Fsp3) is 0.846. The molecule has 2 rings (SSSR count). The van der Waals surface area contributed by atoms with Gasteiger partial charge in [-0.15, -0.1) is 5.10 Å². The molecule has 1 fully saturated rings. The van der Waals surface area contributed by atoms with Gasteiger partial charge in [-0.3, -0.25) is 4.90 Å². The normalized spacial score (nSPS) is 19.1. The first-order valence-corrected chi connectivity index (χ1v) is 7.49. The Labute approximate surface area is 114 Å². The van der Waals surface area contributed by atoms with Gasteiger partial charge in [0.05, 0.1) is 0 Å². The standard InChI is InChI=1S/C13H24N4S/c1-13(2,3)10-5-7-17(8-6-10)9-11-12(14-4)18-16-15-11/h10,14H,5-9H2,1-4H3. The zero-order valence-electron chi connectivity index (χ0n) is 11.9. The van der Waals surface area contributed by atoms with Crippen LogP contribution in [0.25, 0.3) is 0 Å². The Morgan fingerprint density at radius 2 is 2.00 bits per heavy atom. The molecule has 1 aromatic heterocycles. The molecule has 0 spiro atoms. The summed E-state index contributed by atoms with van der Waals surface area (Å²) in [5.41, 5.74) is 1.54. The van der Waals surface area contributed by atoms with Crippen LogP contribution in [0.5, 0.6) is 0 Å². The molecule has 0 atom stereocenters. The zero-order chi connectivity index (χ0) is 13.2. The Morgan fingerprint density at radius 3 is 2.56 bits per heavy atom. The van der Waals surface area contributed by atoms with E-state index in [0.29, 0.717) is 5.41 Å². The van der Waals surface area contributed by atoms with Gasteiger partial charge in [0, 0.05) is 25.1 Å². The summed E-state index contributed by atoms with van der Waals surface area (Å²) in [5.74, 6) is 0.853. The van der Waals surface area contributed by atoms with Crippen LogP contribution >= 0.6 is 11.5 Å². The fourth-order valence-corrected chi connectivity index (χ4v) is 3.19. The van der Waals surface area contributed by atoms with E-state index in [-0.39, 0.29) is 0 Å². The van der Waals surface area contributed by atoms with Crippen LogP contribution in [-0.4, -0.2) is 34.6 Å². The van der Waals surface area contributed by atoms with E-state index >= 15 is 0 Å². The van der Waals surface area contributed by atoms with Crippen LogP contribution in [0.3, 0.4) is 0 Å². The quantitative estimate of drug-likeness (QED) is 0.915. The highest BCUT2D eigenvalue weighted by molar-refractivity contribution is 7.10. The van der Waals surface area contributed by atoms with Crippen molar-refractivity contribution < 1.29 is 0 Å². The van der Waals surface area contributed by atoms with Crippen LogP contribution in [-0.2, 0) is 6.54 Å². The predicted octanol–water partition coefficient (Wildman–Crippen LogP) is 2.84. The summed E-state index contributed by atoms with van der Waals surface area (Å²) in [6, 6.07) is 0. The Hall–Kier alpha value is -0.680. The maximum Gasteiger partial charge on any atom is 0.134 e. The van der Waals surface area contributed by atoms with Crippen LogP contribution in [0.2, 0.25) is 0 Å². The maximum atomic E-state index is 4.21. The van der Waals surface area contributed by atoms with Crippen molar-refractivity contribution in [3.05, 3.63) is 5.69 Å². The Balaban J connectivity index is 1.87. The molecule has 1 N–H and O–H groups in total. The Kier molecular flexibility index (Phi) is 4.22. The summed E-state index contributed by atoms with van der Waals surface area (Å²) in [7, 11) is 1.94. The second kappa shape index (κ2) is 5.53. The molecule has 0 aliphatic carbocycles. The highest BCUT2D eigenvalue weighted by atomic mass is 32.1. The molecule has 0 aromatic carbocycles. The highest BCUT2D eigenvalue weighted by Gasteiger charge is 2.29. The molecule has 0 unspecified atom stereocenters. The van der Waals surface area contributed by atoms with Crippen LogP contribution in [0, 0.1) is 11.3 Å². The average Bonchev–Trinajstić information content (AvgIpc) is 2.76. The van der Waals surface area contributed by atoms with E-state index in [2.05, 4.69) is 40.6 Å². The van der Waals surface area contributed by atoms with Crippen molar-refractivity contribution in [3.8, 4) is 0 Å². The molecule has 0 radical (unpaired) electrons. The largest absolute Gasteiger partial charge is 0.377 e. The van der Waals surface area contributed by atoms with Crippen molar-refractivity contribution in [1.82, 2.24) is 14.5 Å². The summed E-state index contributed by atoms with van der Waals surface area (Å²) in [5, 5.41) is 8.48. The van der Waals surface area contributed by atoms with Crippen molar-refractivity contribution in [2.45, 2.75) is 40.2 Å². The average molecular weight is 268 g/mol. The number of rotatable bonds is 3. The first-order chi connectivity index (χ1) is 8.50. The molecule has 0 saturated carbocycles. The predicted molar refractivity (Wildman–Crippen MR) is 76.9 cm³/mol. The van der Waals surface area contributed by atoms with E-state index in [9.17, 15) is 0 Å². The topological polar surface area (TPSA) is 41.1 Å². The molecule has 4 nitrogen and oxygen atoms in total. The SMILES string of the molecule is CNc1snnc1CN1CCC(C(C)(C)C)CC1. The minimum absolute atomic E-state index is 0.449. The first kappa shape index (κ1) is 13.7. The number of piperidine rings is 1. The number of hydrogen-bond donors (Lipinski definition) is 1. The highest BCUT2D eigenvalue weighted by Crippen LogP contribution is 2.34. The van der Waals surface area contributed by atoms with Gasteiger partial charge in [-0.05, 0) is 37.3 Å². The first-order valence-electron chi connectivity index (χ1n) is 6.72. The van der Waals surface area contributed by atoms with Crippen LogP contribution in [0.4, 0.5) is 5.00 Å². The molecule has 1 saturated heterocycles. The monoisotopic (exact) mass is 268 g/mol. The zero-order valence-corrected chi connectivity index (χ0v) is 12.7. The van der Waals surface area contributed by atoms with Crippen molar-refractivity contribution in [2.24, 2.45) is 11.3 Å². The van der Waals surface area contributed by atoms with Gasteiger partial charge < -0.3 is 5.32 Å². The minimum Gasteiger partial charge on any atom is -0.377 e. The van der Waals surface area contributed by atoms with E-state index in [1.165, 1.54) is 37.5 Å².